The number of nitrogens with one attached hydrogen (secondary N) is 2. The van der Waals surface area contributed by atoms with Crippen molar-refractivity contribution >= 4 is 40.7 Å². The van der Waals surface area contributed by atoms with Crippen LogP contribution in [0.25, 0.3) is 39.2 Å². The van der Waals surface area contributed by atoms with Crippen LogP contribution >= 0.6 is 23.2 Å². The van der Waals surface area contributed by atoms with Crippen molar-refractivity contribution in [3.05, 3.63) is 105 Å². The van der Waals surface area contributed by atoms with Crippen LogP contribution in [0.1, 0.15) is 30.9 Å². The number of carbonyl (C=O) groups excluding carboxylic acids is 2. The molecule has 2 amide bonds. The molecule has 5 heterocycles. The van der Waals surface area contributed by atoms with Crippen molar-refractivity contribution in [3.63, 3.8) is 0 Å². The molecule has 0 radical (unpaired) electrons. The van der Waals surface area contributed by atoms with Crippen molar-refractivity contribution in [2.75, 3.05) is 39.8 Å². The molecule has 0 spiro atoms. The number of hydrogen-bond acceptors (Lipinski definition) is 8. The molecular formula is C39H39Cl2N7O4. The average Bonchev–Trinajstić information content (AvgIpc) is 3.57. The molecule has 7 rings (SSSR count). The fraction of sp³-hybridized carbons (Fsp3) is 0.308. The Morgan fingerprint density at radius 2 is 1.65 bits per heavy atom. The molecule has 0 aliphatic carbocycles. The van der Waals surface area contributed by atoms with E-state index < -0.39 is 0 Å². The lowest BCUT2D eigenvalue weighted by Gasteiger charge is -2.33. The SMILES string of the molecule is COc1nc(-c2cccc(-c3cccc(-c4ccn5c(=O)c(CN6CCN(C(C)=O)CC6)cnc5c4)c3Cl)c2Cl)ccc1CNC[C@@H]1CCC(=O)N1. The topological polar surface area (TPSA) is 121 Å². The van der Waals surface area contributed by atoms with Crippen molar-refractivity contribution in [3.8, 4) is 39.4 Å². The van der Waals surface area contributed by atoms with Gasteiger partial charge in [-0.25, -0.2) is 9.97 Å². The molecule has 2 N–H and O–H groups in total. The van der Waals surface area contributed by atoms with Crippen LogP contribution < -0.4 is 20.9 Å². The standard InChI is InChI=1S/C39H39Cl2N7O4/c1-24(49)47-17-15-46(16-18-47)23-27-21-43-34-19-25(13-14-48(34)39(27)51)29-5-3-6-30(36(29)40)31-7-4-8-32(37(31)41)33-11-9-26(38(45-33)52-2)20-42-22-28-10-12-35(50)44-28/h3-9,11,13-14,19,21,28,42H,10,12,15-18,20,22-23H2,1-2H3,(H,44,50)/t28-/m0/s1. The molecule has 2 aliphatic rings. The van der Waals surface area contributed by atoms with Gasteiger partial charge < -0.3 is 20.3 Å². The van der Waals surface area contributed by atoms with Gasteiger partial charge in [0.15, 0.2) is 0 Å². The van der Waals surface area contributed by atoms with Gasteiger partial charge in [0.05, 0.1) is 28.4 Å². The summed E-state index contributed by atoms with van der Waals surface area (Å²) in [5.74, 6) is 0.657. The zero-order chi connectivity index (χ0) is 36.4. The summed E-state index contributed by atoms with van der Waals surface area (Å²) >= 11 is 14.2. The van der Waals surface area contributed by atoms with Crippen LogP contribution in [-0.2, 0) is 22.7 Å². The molecule has 1 atom stereocenters. The van der Waals surface area contributed by atoms with Gasteiger partial charge in [-0.2, -0.15) is 0 Å². The first-order valence-corrected chi connectivity index (χ1v) is 18.1. The summed E-state index contributed by atoms with van der Waals surface area (Å²) in [4.78, 5) is 50.1. The molecule has 0 saturated carbocycles. The highest BCUT2D eigenvalue weighted by Gasteiger charge is 2.22. The van der Waals surface area contributed by atoms with Crippen LogP contribution in [0.4, 0.5) is 0 Å². The summed E-state index contributed by atoms with van der Waals surface area (Å²) in [5, 5.41) is 7.38. The van der Waals surface area contributed by atoms with Crippen LogP contribution in [0.5, 0.6) is 5.88 Å². The third-order valence-corrected chi connectivity index (χ3v) is 10.6. The predicted octanol–water partition coefficient (Wildman–Crippen LogP) is 5.44. The lowest BCUT2D eigenvalue weighted by atomic mass is 9.97. The Morgan fingerprint density at radius 3 is 2.35 bits per heavy atom. The highest BCUT2D eigenvalue weighted by Crippen LogP contribution is 2.42. The molecule has 2 fully saturated rings. The van der Waals surface area contributed by atoms with E-state index in [2.05, 4.69) is 20.5 Å². The van der Waals surface area contributed by atoms with Crippen molar-refractivity contribution < 1.29 is 14.3 Å². The molecule has 0 unspecified atom stereocenters. The molecule has 0 bridgehead atoms. The largest absolute Gasteiger partial charge is 0.481 e. The summed E-state index contributed by atoms with van der Waals surface area (Å²) in [6.07, 6.45) is 4.77. The van der Waals surface area contributed by atoms with E-state index in [0.717, 1.165) is 39.8 Å². The van der Waals surface area contributed by atoms with E-state index in [-0.39, 0.29) is 23.4 Å². The van der Waals surface area contributed by atoms with E-state index in [1.165, 1.54) is 0 Å². The third kappa shape index (κ3) is 7.40. The number of rotatable bonds is 10. The minimum absolute atomic E-state index is 0.0726. The quantitative estimate of drug-likeness (QED) is 0.194. The fourth-order valence-corrected chi connectivity index (χ4v) is 7.56. The first-order chi connectivity index (χ1) is 25.2. The van der Waals surface area contributed by atoms with Crippen molar-refractivity contribution in [1.82, 2.24) is 34.8 Å². The van der Waals surface area contributed by atoms with Crippen molar-refractivity contribution in [2.24, 2.45) is 0 Å². The van der Waals surface area contributed by atoms with Gasteiger partial charge in [-0.05, 0) is 30.2 Å². The summed E-state index contributed by atoms with van der Waals surface area (Å²) < 4.78 is 7.21. The Hall–Kier alpha value is -4.81. The predicted molar refractivity (Wildman–Crippen MR) is 203 cm³/mol. The average molecular weight is 741 g/mol. The Kier molecular flexibility index (Phi) is 10.6. The lowest BCUT2D eigenvalue weighted by Crippen LogP contribution is -2.48. The van der Waals surface area contributed by atoms with E-state index in [4.69, 9.17) is 32.9 Å². The number of nitrogens with zero attached hydrogens (tertiary/aromatic N) is 5. The first-order valence-electron chi connectivity index (χ1n) is 17.3. The van der Waals surface area contributed by atoms with E-state index in [1.54, 1.807) is 30.8 Å². The van der Waals surface area contributed by atoms with Gasteiger partial charge in [0.1, 0.15) is 5.65 Å². The molecule has 2 aromatic carbocycles. The van der Waals surface area contributed by atoms with E-state index in [1.807, 2.05) is 65.6 Å². The van der Waals surface area contributed by atoms with Gasteiger partial charge in [-0.1, -0.05) is 65.7 Å². The van der Waals surface area contributed by atoms with Gasteiger partial charge in [0.2, 0.25) is 17.7 Å². The zero-order valence-corrected chi connectivity index (χ0v) is 30.5. The number of ether oxygens (including phenoxy) is 1. The normalized spacial score (nSPS) is 16.3. The summed E-state index contributed by atoms with van der Waals surface area (Å²) in [6, 6.07) is 19.3. The van der Waals surface area contributed by atoms with E-state index >= 15 is 0 Å². The number of pyridine rings is 2. The lowest BCUT2D eigenvalue weighted by molar-refractivity contribution is -0.130. The van der Waals surface area contributed by atoms with Gasteiger partial charge in [0.25, 0.3) is 5.56 Å². The summed E-state index contributed by atoms with van der Waals surface area (Å²) in [5.41, 5.74) is 6.37. The zero-order valence-electron chi connectivity index (χ0n) is 29.0. The van der Waals surface area contributed by atoms with Crippen molar-refractivity contribution in [2.45, 2.75) is 38.9 Å². The number of benzene rings is 2. The molecule has 13 heteroatoms. The number of carbonyl (C=O) groups is 2. The first kappa shape index (κ1) is 35.6. The minimum Gasteiger partial charge on any atom is -0.481 e. The maximum Gasteiger partial charge on any atom is 0.262 e. The van der Waals surface area contributed by atoms with E-state index in [9.17, 15) is 14.4 Å². The summed E-state index contributed by atoms with van der Waals surface area (Å²) in [7, 11) is 1.59. The van der Waals surface area contributed by atoms with Crippen LogP contribution in [0.2, 0.25) is 10.0 Å². The fourth-order valence-electron chi connectivity index (χ4n) is 6.89. The number of piperazine rings is 1. The number of aromatic nitrogens is 3. The number of amides is 2. The third-order valence-electron chi connectivity index (χ3n) is 9.79. The summed E-state index contributed by atoms with van der Waals surface area (Å²) in [6.45, 7) is 5.99. The van der Waals surface area contributed by atoms with Crippen molar-refractivity contribution in [1.29, 1.82) is 0 Å². The molecule has 52 heavy (non-hydrogen) atoms. The Bertz CT molecular complexity index is 2220. The molecular weight excluding hydrogens is 701 g/mol. The molecule has 3 aromatic heterocycles. The second kappa shape index (κ2) is 15.4. The highest BCUT2D eigenvalue weighted by molar-refractivity contribution is 6.39. The molecule has 5 aromatic rings. The van der Waals surface area contributed by atoms with Gasteiger partial charge >= 0.3 is 0 Å². The highest BCUT2D eigenvalue weighted by atomic mass is 35.5. The second-order valence-corrected chi connectivity index (χ2v) is 13.9. The van der Waals surface area contributed by atoms with Crippen LogP contribution in [0.15, 0.2) is 77.9 Å². The number of hydrogen-bond donors (Lipinski definition) is 2. The monoisotopic (exact) mass is 739 g/mol. The Labute approximate surface area is 311 Å². The number of halogens is 2. The van der Waals surface area contributed by atoms with Crippen LogP contribution in [0, 0.1) is 0 Å². The maximum absolute atomic E-state index is 13.4. The molecule has 11 nitrogen and oxygen atoms in total. The smallest absolute Gasteiger partial charge is 0.262 e. The van der Waals surface area contributed by atoms with E-state index in [0.29, 0.717) is 85.1 Å². The molecule has 2 saturated heterocycles. The second-order valence-electron chi connectivity index (χ2n) is 13.1. The number of methoxy groups -OCH3 is 1. The van der Waals surface area contributed by atoms with Gasteiger partial charge in [0, 0.05) is 105 Å². The number of fused-ring (bicyclic) bond motifs is 1. The maximum atomic E-state index is 13.4. The Balaban J connectivity index is 1.11. The van der Waals surface area contributed by atoms with Gasteiger partial charge in [-0.15, -0.1) is 0 Å². The van der Waals surface area contributed by atoms with Crippen LogP contribution in [0.3, 0.4) is 0 Å². The molecule has 2 aliphatic heterocycles. The minimum atomic E-state index is -0.123. The van der Waals surface area contributed by atoms with Crippen LogP contribution in [-0.4, -0.2) is 81.9 Å². The Morgan fingerprint density at radius 1 is 0.942 bits per heavy atom. The molecule has 268 valence electrons. The van der Waals surface area contributed by atoms with Gasteiger partial charge in [-0.3, -0.25) is 23.7 Å².